The van der Waals surface area contributed by atoms with E-state index < -0.39 is 55.0 Å². The van der Waals surface area contributed by atoms with Crippen molar-refractivity contribution in [1.29, 1.82) is 0 Å². The molecule has 88 heavy (non-hydrogen) atoms. The summed E-state index contributed by atoms with van der Waals surface area (Å²) in [5, 5.41) is 8.05. The molecule has 2 aliphatic carbocycles. The predicted molar refractivity (Wildman–Crippen MR) is 345 cm³/mol. The van der Waals surface area contributed by atoms with Crippen LogP contribution in [0.15, 0.2) is 65.7 Å². The van der Waals surface area contributed by atoms with Crippen LogP contribution in [0, 0.1) is 23.5 Å². The number of carbonyl (C=O) groups excluding carboxylic acids is 2. The fourth-order valence-corrected chi connectivity index (χ4v) is 13.8. The molecule has 4 aromatic heterocycles. The van der Waals surface area contributed by atoms with Crippen LogP contribution >= 0.6 is 15.9 Å². The number of nitrogens with one attached hydrogen (secondary N) is 4. The molecule has 5 aliphatic rings. The Labute approximate surface area is 523 Å². The molecule has 2 amide bonds. The zero-order valence-corrected chi connectivity index (χ0v) is 55.7. The minimum Gasteiger partial charge on any atom is -0.475 e. The normalized spacial score (nSPS) is 21.5. The minimum absolute atomic E-state index is 0.0529. The maximum absolute atomic E-state index is 15.5. The lowest BCUT2D eigenvalue weighted by Gasteiger charge is -2.44. The Kier molecular flexibility index (Phi) is 19.0. The zero-order valence-electron chi connectivity index (χ0n) is 52.4. The van der Waals surface area contributed by atoms with Crippen LogP contribution in [0.25, 0.3) is 32.9 Å². The second-order valence-electron chi connectivity index (χ2n) is 25.4. The quantitative estimate of drug-likeness (QED) is 0.0462. The second kappa shape index (κ2) is 25.3. The van der Waals surface area contributed by atoms with Crippen LogP contribution in [0.3, 0.4) is 0 Å². The number of amides is 2. The number of sulfonamides is 2. The van der Waals surface area contributed by atoms with Crippen molar-refractivity contribution in [3.63, 3.8) is 0 Å². The van der Waals surface area contributed by atoms with Crippen molar-refractivity contribution in [2.45, 2.75) is 142 Å². The SMILES string of the molecule is CC(C)NCCOc1ncc(B2OC(C)(C)C(C)(C)O2)cc1NS(C)(=O)=O.CCC1CC2(C1)C(=O)N(C)c1cnc3cc(F)c(-c4cnc(OCCNC(C)C)c(NS(C)(=O)=O)c4)cc3c12.CCC1CC2(C1)C(=O)N(C)c1cnc3cc(F)c(Br)cc3c12. The van der Waals surface area contributed by atoms with Crippen molar-refractivity contribution in [2.24, 2.45) is 11.8 Å². The van der Waals surface area contributed by atoms with Gasteiger partial charge in [0.15, 0.2) is 0 Å². The number of nitrogens with zero attached hydrogens (tertiary/aromatic N) is 6. The van der Waals surface area contributed by atoms with E-state index in [0.29, 0.717) is 69.5 Å². The zero-order chi connectivity index (χ0) is 64.2. The van der Waals surface area contributed by atoms with Gasteiger partial charge in [-0.25, -0.2) is 35.6 Å². The monoisotopic (exact) mass is 1320 g/mol. The van der Waals surface area contributed by atoms with Crippen LogP contribution in [-0.4, -0.2) is 132 Å². The van der Waals surface area contributed by atoms with Crippen molar-refractivity contribution in [3.8, 4) is 22.9 Å². The Balaban J connectivity index is 0.000000165. The summed E-state index contributed by atoms with van der Waals surface area (Å²) in [6.07, 6.45) is 13.9. The van der Waals surface area contributed by atoms with Crippen LogP contribution in [0.1, 0.15) is 119 Å². The van der Waals surface area contributed by atoms with Crippen LogP contribution < -0.4 is 44.8 Å². The first-order valence-electron chi connectivity index (χ1n) is 29.7. The highest BCUT2D eigenvalue weighted by atomic mass is 79.9. The van der Waals surface area contributed by atoms with Gasteiger partial charge < -0.3 is 39.2 Å². The lowest BCUT2D eigenvalue weighted by atomic mass is 9.58. The van der Waals surface area contributed by atoms with E-state index in [1.54, 1.807) is 60.7 Å². The number of ether oxygens (including phenoxy) is 2. The van der Waals surface area contributed by atoms with Crippen molar-refractivity contribution in [2.75, 3.05) is 72.2 Å². The number of carbonyl (C=O) groups is 2. The molecule has 2 spiro atoms. The summed E-state index contributed by atoms with van der Waals surface area (Å²) in [4.78, 5) is 47.0. The third-order valence-corrected chi connectivity index (χ3v) is 19.4. The largest absolute Gasteiger partial charge is 0.496 e. The van der Waals surface area contributed by atoms with E-state index in [9.17, 15) is 30.8 Å². The highest BCUT2D eigenvalue weighted by molar-refractivity contribution is 9.10. The third kappa shape index (κ3) is 13.3. The van der Waals surface area contributed by atoms with Crippen molar-refractivity contribution >= 4 is 105 Å². The molecule has 26 heteroatoms. The van der Waals surface area contributed by atoms with Crippen molar-refractivity contribution in [1.82, 2.24) is 30.6 Å². The predicted octanol–water partition coefficient (Wildman–Crippen LogP) is 9.52. The fraction of sp³-hybridized carbons (Fsp3) is 0.516. The maximum atomic E-state index is 15.5. The van der Waals surface area contributed by atoms with Gasteiger partial charge in [0.2, 0.25) is 43.6 Å². The topological polar surface area (TPSA) is 246 Å². The van der Waals surface area contributed by atoms with Crippen molar-refractivity contribution in [3.05, 3.63) is 88.4 Å². The van der Waals surface area contributed by atoms with Gasteiger partial charge >= 0.3 is 7.12 Å². The number of hydrogen-bond donors (Lipinski definition) is 4. The van der Waals surface area contributed by atoms with E-state index >= 15 is 4.39 Å². The van der Waals surface area contributed by atoms with Gasteiger partial charge in [0, 0.05) is 102 Å². The van der Waals surface area contributed by atoms with Gasteiger partial charge in [0.1, 0.15) is 36.2 Å². The summed E-state index contributed by atoms with van der Waals surface area (Å²) in [6, 6.07) is 10.0. The second-order valence-corrected chi connectivity index (χ2v) is 29.7. The molecule has 1 saturated heterocycles. The van der Waals surface area contributed by atoms with Gasteiger partial charge in [-0.2, -0.15) is 0 Å². The van der Waals surface area contributed by atoms with Crippen LogP contribution in [0.4, 0.5) is 31.5 Å². The van der Waals surface area contributed by atoms with E-state index in [1.807, 2.05) is 55.4 Å². The molecule has 0 unspecified atom stereocenters. The molecule has 0 bridgehead atoms. The molecule has 4 N–H and O–H groups in total. The van der Waals surface area contributed by atoms with E-state index in [0.717, 1.165) is 78.9 Å². The molecule has 11 rings (SSSR count). The first-order valence-corrected chi connectivity index (χ1v) is 34.3. The van der Waals surface area contributed by atoms with Gasteiger partial charge in [0.05, 0.1) is 73.8 Å². The molecule has 3 aliphatic heterocycles. The van der Waals surface area contributed by atoms with E-state index in [-0.39, 0.29) is 59.0 Å². The smallest absolute Gasteiger partial charge is 0.475 e. The third-order valence-electron chi connectivity index (χ3n) is 17.6. The van der Waals surface area contributed by atoms with Crippen LogP contribution in [-0.2, 0) is 49.8 Å². The number of halogens is 3. The van der Waals surface area contributed by atoms with Gasteiger partial charge in [0.25, 0.3) is 0 Å². The van der Waals surface area contributed by atoms with E-state index in [2.05, 4.69) is 69.8 Å². The Morgan fingerprint density at radius 2 is 1.08 bits per heavy atom. The molecule has 2 aromatic carbocycles. The van der Waals surface area contributed by atoms with Gasteiger partial charge in [-0.15, -0.1) is 0 Å². The Morgan fingerprint density at radius 1 is 0.648 bits per heavy atom. The summed E-state index contributed by atoms with van der Waals surface area (Å²) in [7, 11) is -4.23. The van der Waals surface area contributed by atoms with Gasteiger partial charge in [-0.1, -0.05) is 54.4 Å². The number of benzene rings is 2. The highest BCUT2D eigenvalue weighted by Gasteiger charge is 2.59. The molecule has 20 nitrogen and oxygen atoms in total. The van der Waals surface area contributed by atoms with Crippen LogP contribution in [0.5, 0.6) is 11.8 Å². The number of pyridine rings is 4. The Hall–Kier alpha value is -6.16. The van der Waals surface area contributed by atoms with Gasteiger partial charge in [-0.3, -0.25) is 29.0 Å². The average Bonchev–Trinajstić information content (AvgIpc) is 1.52. The molecular formula is C62H80BBrF2N10O10S2. The maximum Gasteiger partial charge on any atom is 0.496 e. The Bertz CT molecular complexity index is 3890. The molecule has 0 radical (unpaired) electrons. The van der Waals surface area contributed by atoms with E-state index in [4.69, 9.17) is 18.8 Å². The highest BCUT2D eigenvalue weighted by Crippen LogP contribution is 2.60. The Morgan fingerprint density at radius 3 is 1.52 bits per heavy atom. The molecule has 7 heterocycles. The summed E-state index contributed by atoms with van der Waals surface area (Å²) < 4.78 is 106. The van der Waals surface area contributed by atoms with Gasteiger partial charge in [-0.05, 0) is 105 Å². The molecule has 2 saturated carbocycles. The summed E-state index contributed by atoms with van der Waals surface area (Å²) >= 11 is 3.26. The lowest BCUT2D eigenvalue weighted by Crippen LogP contribution is -2.48. The molecule has 3 fully saturated rings. The molecule has 6 aromatic rings. The van der Waals surface area contributed by atoms with Crippen molar-refractivity contribution < 1.29 is 54.0 Å². The molecular weight excluding hydrogens is 1240 g/mol. The summed E-state index contributed by atoms with van der Waals surface area (Å²) in [5.74, 6) is 0.731. The standard InChI is InChI=1S/C28H34FN5O4S.C17H30BN3O5S.C17H16BrFN2O/c1-6-17-12-28(13-17)25-20-10-19(21(29)11-22(20)31-15-24(25)34(4)27(28)35)18-9-23(33-39(5,36)37)26(32-14-18)38-8-7-30-16(2)3;1-12(2)19-8-9-24-15-14(21-27(7,22)23)10-13(11-20-15)18-25-16(3,4)17(5,6)26-18;1-3-9-6-17(7-9)15-10-4-11(18)12(19)5-13(10)20-8-14(15)21(2)16(17)22/h9-11,14-17,30,33H,6-8,12-13H2,1-5H3;10-12,19,21H,8-9H2,1-7H3;4-5,8-9H,3,6-7H2,1-2H3. The summed E-state index contributed by atoms with van der Waals surface area (Å²) in [5.41, 5.74) is 4.18. The lowest BCUT2D eigenvalue weighted by molar-refractivity contribution is -0.128. The average molecular weight is 1320 g/mol. The first-order chi connectivity index (χ1) is 41.2. The number of hydrogen-bond acceptors (Lipinski definition) is 16. The van der Waals surface area contributed by atoms with Crippen LogP contribution in [0.2, 0.25) is 0 Å². The fourth-order valence-electron chi connectivity index (χ4n) is 12.3. The minimum atomic E-state index is -3.66. The first kappa shape index (κ1) is 66.3. The molecule has 0 atom stereocenters. The number of fused-ring (bicyclic) bond motifs is 8. The number of rotatable bonds is 18. The number of likely N-dealkylation sites (N-methyl/N-ethyl adjacent to an activating group) is 2. The van der Waals surface area contributed by atoms with E-state index in [1.165, 1.54) is 24.4 Å². The summed E-state index contributed by atoms with van der Waals surface area (Å²) in [6.45, 7) is 22.0. The number of aromatic nitrogens is 4. The number of anilines is 4. The molecule has 474 valence electrons.